The van der Waals surface area contributed by atoms with Crippen molar-refractivity contribution in [2.75, 3.05) is 14.2 Å². The van der Waals surface area contributed by atoms with Gasteiger partial charge in [-0.15, -0.1) is 11.3 Å². The van der Waals surface area contributed by atoms with Gasteiger partial charge in [-0.2, -0.15) is 5.01 Å². The van der Waals surface area contributed by atoms with Crippen molar-refractivity contribution < 1.29 is 24.1 Å². The third kappa shape index (κ3) is 3.80. The van der Waals surface area contributed by atoms with Gasteiger partial charge in [0.1, 0.15) is 11.3 Å². The average Bonchev–Trinajstić information content (AvgIpc) is 3.44. The minimum atomic E-state index is -1.13. The largest absolute Gasteiger partial charge is 0.493 e. The molecular weight excluding hydrogens is 576 g/mol. The molecule has 170 valence electrons. The van der Waals surface area contributed by atoms with E-state index in [1.807, 2.05) is 35.3 Å². The van der Waals surface area contributed by atoms with E-state index in [-0.39, 0.29) is 17.4 Å². The summed E-state index contributed by atoms with van der Waals surface area (Å²) < 4.78 is 19.1. The Morgan fingerprint density at radius 2 is 1.94 bits per heavy atom. The Morgan fingerprint density at radius 1 is 1.12 bits per heavy atom. The molecule has 2 aliphatic heterocycles. The van der Waals surface area contributed by atoms with Gasteiger partial charge in [0.15, 0.2) is 17.7 Å². The average molecular weight is 594 g/mol. The van der Waals surface area contributed by atoms with Gasteiger partial charge >= 0.3 is 5.97 Å². The van der Waals surface area contributed by atoms with Crippen LogP contribution in [0, 0.1) is 0 Å². The predicted octanol–water partition coefficient (Wildman–Crippen LogP) is 5.98. The standard InChI is InChI=1S/C23H18Br2N2O5S/c1-30-17-6-4-12(20(23(28)29)21(17)31-2)22-27-15(13-9-11(24)3-5-16(13)32-22)10-14(26-27)18-7-8-19(25)33-18/h3-10,15,22,26H,1-2H3,(H,28,29)/t15-,22+/m0/s1. The molecule has 2 N–H and O–H groups in total. The highest BCUT2D eigenvalue weighted by Gasteiger charge is 2.42. The van der Waals surface area contributed by atoms with E-state index in [2.05, 4.69) is 43.4 Å². The van der Waals surface area contributed by atoms with E-state index in [0.717, 1.165) is 24.4 Å². The second-order valence-electron chi connectivity index (χ2n) is 7.37. The molecule has 0 unspecified atom stereocenters. The predicted molar refractivity (Wildman–Crippen MR) is 132 cm³/mol. The van der Waals surface area contributed by atoms with E-state index in [9.17, 15) is 9.90 Å². The summed E-state index contributed by atoms with van der Waals surface area (Å²) in [5, 5.41) is 12.0. The zero-order valence-corrected chi connectivity index (χ0v) is 21.5. The number of carboxylic acid groups (broad SMARTS) is 1. The van der Waals surface area contributed by atoms with Crippen LogP contribution in [-0.2, 0) is 0 Å². The van der Waals surface area contributed by atoms with Gasteiger partial charge < -0.3 is 24.7 Å². The molecule has 3 heterocycles. The molecule has 2 aromatic carbocycles. The van der Waals surface area contributed by atoms with Crippen molar-refractivity contribution in [3.05, 3.63) is 78.4 Å². The molecule has 2 atom stereocenters. The normalized spacial score (nSPS) is 19.1. The zero-order valence-electron chi connectivity index (χ0n) is 17.5. The number of aromatic carboxylic acids is 1. The number of hydrogen-bond acceptors (Lipinski definition) is 7. The number of nitrogens with zero attached hydrogens (tertiary/aromatic N) is 1. The monoisotopic (exact) mass is 592 g/mol. The summed E-state index contributed by atoms with van der Waals surface area (Å²) in [6.07, 6.45) is 1.40. The SMILES string of the molecule is COc1ccc([C@H]2Oc3ccc(Br)cc3[C@@H]3C=C(c4ccc(Br)s4)NN23)c(C(=O)O)c1OC. The van der Waals surface area contributed by atoms with Crippen molar-refractivity contribution >= 4 is 54.9 Å². The molecule has 0 saturated heterocycles. The van der Waals surface area contributed by atoms with Crippen LogP contribution in [0.3, 0.4) is 0 Å². The fourth-order valence-corrected chi connectivity index (χ4v) is 5.88. The van der Waals surface area contributed by atoms with Crippen LogP contribution in [0.4, 0.5) is 0 Å². The molecule has 0 spiro atoms. The van der Waals surface area contributed by atoms with Crippen molar-refractivity contribution in [1.82, 2.24) is 10.4 Å². The molecule has 0 aliphatic carbocycles. The van der Waals surface area contributed by atoms with Crippen LogP contribution in [-0.4, -0.2) is 30.3 Å². The first-order valence-corrected chi connectivity index (χ1v) is 12.3. The van der Waals surface area contributed by atoms with E-state index in [1.54, 1.807) is 23.5 Å². The number of methoxy groups -OCH3 is 2. The van der Waals surface area contributed by atoms with E-state index in [4.69, 9.17) is 14.2 Å². The lowest BCUT2D eigenvalue weighted by Crippen LogP contribution is -2.43. The maximum absolute atomic E-state index is 12.3. The second kappa shape index (κ2) is 8.68. The summed E-state index contributed by atoms with van der Waals surface area (Å²) in [5.74, 6) is 0.0464. The summed E-state index contributed by atoms with van der Waals surface area (Å²) >= 11 is 8.68. The summed E-state index contributed by atoms with van der Waals surface area (Å²) in [5.41, 5.74) is 5.78. The van der Waals surface area contributed by atoms with Gasteiger partial charge in [-0.3, -0.25) is 0 Å². The van der Waals surface area contributed by atoms with Gasteiger partial charge in [-0.05, 0) is 64.5 Å². The van der Waals surface area contributed by atoms with Crippen molar-refractivity contribution in [3.63, 3.8) is 0 Å². The van der Waals surface area contributed by atoms with E-state index in [1.165, 1.54) is 14.2 Å². The molecule has 33 heavy (non-hydrogen) atoms. The maximum atomic E-state index is 12.3. The Kier molecular flexibility index (Phi) is 5.86. The van der Waals surface area contributed by atoms with Crippen molar-refractivity contribution in [2.24, 2.45) is 0 Å². The molecule has 7 nitrogen and oxygen atoms in total. The first kappa shape index (κ1) is 22.3. The van der Waals surface area contributed by atoms with E-state index in [0.29, 0.717) is 17.1 Å². The molecule has 10 heteroatoms. The Bertz CT molecular complexity index is 1290. The van der Waals surface area contributed by atoms with Crippen LogP contribution in [0.25, 0.3) is 5.70 Å². The molecule has 5 rings (SSSR count). The number of thiophene rings is 1. The Labute approximate surface area is 210 Å². The number of hydrazine groups is 1. The second-order valence-corrected chi connectivity index (χ2v) is 10.7. The summed E-state index contributed by atoms with van der Waals surface area (Å²) in [7, 11) is 2.90. The van der Waals surface area contributed by atoms with E-state index < -0.39 is 12.2 Å². The van der Waals surface area contributed by atoms with Crippen molar-refractivity contribution in [3.8, 4) is 17.2 Å². The van der Waals surface area contributed by atoms with Gasteiger partial charge in [0, 0.05) is 15.6 Å². The number of fused-ring (bicyclic) bond motifs is 3. The summed E-state index contributed by atoms with van der Waals surface area (Å²) in [6.45, 7) is 0. The number of benzene rings is 2. The fourth-order valence-electron chi connectivity index (χ4n) is 4.14. The number of carboxylic acids is 1. The lowest BCUT2D eigenvalue weighted by atomic mass is 9.98. The maximum Gasteiger partial charge on any atom is 0.340 e. The van der Waals surface area contributed by atoms with E-state index >= 15 is 0 Å². The van der Waals surface area contributed by atoms with Crippen LogP contribution in [0.5, 0.6) is 17.2 Å². The molecule has 0 bridgehead atoms. The van der Waals surface area contributed by atoms with Crippen LogP contribution >= 0.6 is 43.2 Å². The molecule has 0 saturated carbocycles. The quantitative estimate of drug-likeness (QED) is 0.376. The third-order valence-corrected chi connectivity index (χ3v) is 7.70. The van der Waals surface area contributed by atoms with Gasteiger partial charge in [0.2, 0.25) is 0 Å². The number of halogens is 2. The minimum Gasteiger partial charge on any atom is -0.493 e. The van der Waals surface area contributed by atoms with Crippen LogP contribution < -0.4 is 19.6 Å². The van der Waals surface area contributed by atoms with Gasteiger partial charge in [-0.25, -0.2) is 4.79 Å². The number of carbonyl (C=O) groups is 1. The fraction of sp³-hybridized carbons (Fsp3) is 0.174. The van der Waals surface area contributed by atoms with Gasteiger partial charge in [0.05, 0.1) is 34.6 Å². The molecule has 3 aromatic rings. The number of nitrogens with one attached hydrogen (secondary N) is 1. The zero-order chi connectivity index (χ0) is 23.3. The topological polar surface area (TPSA) is 80.3 Å². The molecule has 1 aromatic heterocycles. The Morgan fingerprint density at radius 3 is 2.61 bits per heavy atom. The number of hydrogen-bond donors (Lipinski definition) is 2. The summed E-state index contributed by atoms with van der Waals surface area (Å²) in [6, 6.07) is 13.1. The van der Waals surface area contributed by atoms with Crippen molar-refractivity contribution in [2.45, 2.75) is 12.3 Å². The highest BCUT2D eigenvalue weighted by Crippen LogP contribution is 2.49. The first-order chi connectivity index (χ1) is 15.9. The van der Waals surface area contributed by atoms with Crippen LogP contribution in [0.15, 0.2) is 56.8 Å². The van der Waals surface area contributed by atoms with Crippen LogP contribution in [0.1, 0.15) is 38.6 Å². The lowest BCUT2D eigenvalue weighted by molar-refractivity contribution is -0.0334. The first-order valence-electron chi connectivity index (χ1n) is 9.88. The Hall–Kier alpha value is -2.53. The third-order valence-electron chi connectivity index (χ3n) is 5.55. The molecule has 2 aliphatic rings. The lowest BCUT2D eigenvalue weighted by Gasteiger charge is -2.39. The molecule has 0 radical (unpaired) electrons. The van der Waals surface area contributed by atoms with Gasteiger partial charge in [0.25, 0.3) is 0 Å². The van der Waals surface area contributed by atoms with Crippen LogP contribution in [0.2, 0.25) is 0 Å². The highest BCUT2D eigenvalue weighted by molar-refractivity contribution is 9.11. The van der Waals surface area contributed by atoms with Crippen molar-refractivity contribution in [1.29, 1.82) is 0 Å². The highest BCUT2D eigenvalue weighted by atomic mass is 79.9. The Balaban J connectivity index is 1.66. The van der Waals surface area contributed by atoms with Gasteiger partial charge in [-0.1, -0.05) is 15.9 Å². The molecule has 0 amide bonds. The molecule has 0 fully saturated rings. The number of ether oxygens (including phenoxy) is 3. The summed E-state index contributed by atoms with van der Waals surface area (Å²) in [4.78, 5) is 13.4. The number of rotatable bonds is 5. The smallest absolute Gasteiger partial charge is 0.340 e. The minimum absolute atomic E-state index is 0.00437. The molecular formula is C23H18Br2N2O5S.